The average Bonchev–Trinajstić information content (AvgIpc) is 2.15. The quantitative estimate of drug-likeness (QED) is 0.668. The van der Waals surface area contributed by atoms with Crippen LogP contribution in [-0.2, 0) is 0 Å². The molecule has 1 atom stereocenters. The van der Waals surface area contributed by atoms with Crippen LogP contribution in [0.15, 0.2) is 30.3 Å². The zero-order chi connectivity index (χ0) is 8.81. The van der Waals surface area contributed by atoms with Crippen molar-refractivity contribution < 1.29 is 0 Å². The van der Waals surface area contributed by atoms with Crippen LogP contribution in [0.5, 0.6) is 0 Å². The van der Waals surface area contributed by atoms with E-state index in [9.17, 15) is 0 Å². The highest BCUT2D eigenvalue weighted by Gasteiger charge is 2.03. The third kappa shape index (κ3) is 2.90. The summed E-state index contributed by atoms with van der Waals surface area (Å²) in [6.45, 7) is 2.21. The predicted octanol–water partition coefficient (Wildman–Crippen LogP) is 3.85. The van der Waals surface area contributed by atoms with Gasteiger partial charge >= 0.3 is 0 Å². The molecule has 0 spiro atoms. The molecular weight excluding hydrogens is 164 g/mol. The SMILES string of the molecule is CCCCC(S)c1ccccc1. The summed E-state index contributed by atoms with van der Waals surface area (Å²) in [5, 5.41) is 0.422. The van der Waals surface area contributed by atoms with E-state index in [2.05, 4.69) is 43.8 Å². The maximum absolute atomic E-state index is 4.55. The molecule has 1 heteroatoms. The highest BCUT2D eigenvalue weighted by molar-refractivity contribution is 7.80. The number of thiol groups is 1. The lowest BCUT2D eigenvalue weighted by atomic mass is 10.1. The standard InChI is InChI=1S/C11H16S/c1-2-3-9-11(12)10-7-5-4-6-8-10/h4-8,11-12H,2-3,9H2,1H3. The Morgan fingerprint density at radius 3 is 2.50 bits per heavy atom. The molecule has 0 saturated heterocycles. The molecule has 0 radical (unpaired) electrons. The van der Waals surface area contributed by atoms with Crippen molar-refractivity contribution in [3.8, 4) is 0 Å². The largest absolute Gasteiger partial charge is 0.171 e. The van der Waals surface area contributed by atoms with E-state index < -0.39 is 0 Å². The molecule has 0 amide bonds. The van der Waals surface area contributed by atoms with E-state index in [1.807, 2.05) is 6.07 Å². The Bertz CT molecular complexity index is 206. The maximum atomic E-state index is 4.55. The van der Waals surface area contributed by atoms with Gasteiger partial charge in [0.25, 0.3) is 0 Å². The van der Waals surface area contributed by atoms with Crippen LogP contribution in [0.4, 0.5) is 0 Å². The highest BCUT2D eigenvalue weighted by atomic mass is 32.1. The Kier molecular flexibility index (Phi) is 4.23. The third-order valence-electron chi connectivity index (χ3n) is 2.02. The Balaban J connectivity index is 2.48. The Morgan fingerprint density at radius 1 is 1.25 bits per heavy atom. The van der Waals surface area contributed by atoms with E-state index in [-0.39, 0.29) is 0 Å². The summed E-state index contributed by atoms with van der Waals surface area (Å²) in [6, 6.07) is 10.5. The maximum Gasteiger partial charge on any atom is 0.0267 e. The first-order valence-corrected chi connectivity index (χ1v) is 5.09. The lowest BCUT2D eigenvalue weighted by Crippen LogP contribution is -1.89. The van der Waals surface area contributed by atoms with Gasteiger partial charge in [-0.1, -0.05) is 50.1 Å². The topological polar surface area (TPSA) is 0 Å². The van der Waals surface area contributed by atoms with Crippen molar-refractivity contribution in [2.24, 2.45) is 0 Å². The van der Waals surface area contributed by atoms with Crippen LogP contribution in [0.3, 0.4) is 0 Å². The minimum atomic E-state index is 0.422. The lowest BCUT2D eigenvalue weighted by Gasteiger charge is -2.09. The first-order chi connectivity index (χ1) is 5.84. The van der Waals surface area contributed by atoms with Crippen LogP contribution in [-0.4, -0.2) is 0 Å². The molecule has 0 aliphatic rings. The monoisotopic (exact) mass is 180 g/mol. The van der Waals surface area contributed by atoms with Gasteiger partial charge in [0, 0.05) is 5.25 Å². The fraction of sp³-hybridized carbons (Fsp3) is 0.455. The van der Waals surface area contributed by atoms with Crippen molar-refractivity contribution in [2.75, 3.05) is 0 Å². The smallest absolute Gasteiger partial charge is 0.0267 e. The minimum Gasteiger partial charge on any atom is -0.171 e. The summed E-state index contributed by atoms with van der Waals surface area (Å²) in [5.41, 5.74) is 1.34. The van der Waals surface area contributed by atoms with Crippen molar-refractivity contribution in [1.82, 2.24) is 0 Å². The van der Waals surface area contributed by atoms with Gasteiger partial charge in [0.1, 0.15) is 0 Å². The van der Waals surface area contributed by atoms with Gasteiger partial charge in [-0.2, -0.15) is 12.6 Å². The summed E-state index contributed by atoms with van der Waals surface area (Å²) in [7, 11) is 0. The summed E-state index contributed by atoms with van der Waals surface area (Å²) >= 11 is 4.55. The van der Waals surface area contributed by atoms with Gasteiger partial charge < -0.3 is 0 Å². The van der Waals surface area contributed by atoms with E-state index in [4.69, 9.17) is 0 Å². The molecule has 0 saturated carbocycles. The highest BCUT2D eigenvalue weighted by Crippen LogP contribution is 2.24. The first kappa shape index (κ1) is 9.66. The molecule has 0 nitrogen and oxygen atoms in total. The van der Waals surface area contributed by atoms with Gasteiger partial charge in [0.15, 0.2) is 0 Å². The van der Waals surface area contributed by atoms with E-state index in [1.54, 1.807) is 0 Å². The molecule has 0 heterocycles. The Morgan fingerprint density at radius 2 is 1.92 bits per heavy atom. The predicted molar refractivity (Wildman–Crippen MR) is 57.7 cm³/mol. The van der Waals surface area contributed by atoms with Crippen LogP contribution < -0.4 is 0 Å². The summed E-state index contributed by atoms with van der Waals surface area (Å²) in [5.74, 6) is 0. The fourth-order valence-electron chi connectivity index (χ4n) is 1.24. The van der Waals surface area contributed by atoms with Gasteiger partial charge in [-0.05, 0) is 12.0 Å². The fourth-order valence-corrected chi connectivity index (χ4v) is 1.59. The summed E-state index contributed by atoms with van der Waals surface area (Å²) < 4.78 is 0. The van der Waals surface area contributed by atoms with E-state index >= 15 is 0 Å². The van der Waals surface area contributed by atoms with Gasteiger partial charge in [-0.3, -0.25) is 0 Å². The molecule has 1 aromatic carbocycles. The van der Waals surface area contributed by atoms with Gasteiger partial charge in [-0.15, -0.1) is 0 Å². The normalized spacial score (nSPS) is 12.8. The molecule has 1 aromatic rings. The van der Waals surface area contributed by atoms with Crippen molar-refractivity contribution >= 4 is 12.6 Å². The molecule has 1 unspecified atom stereocenters. The molecule has 0 aliphatic heterocycles. The first-order valence-electron chi connectivity index (χ1n) is 4.57. The van der Waals surface area contributed by atoms with E-state index in [0.717, 1.165) is 0 Å². The number of hydrogen-bond acceptors (Lipinski definition) is 1. The second kappa shape index (κ2) is 5.26. The molecule has 0 fully saturated rings. The zero-order valence-electron chi connectivity index (χ0n) is 7.53. The van der Waals surface area contributed by atoms with Gasteiger partial charge in [-0.25, -0.2) is 0 Å². The van der Waals surface area contributed by atoms with Crippen molar-refractivity contribution in [3.63, 3.8) is 0 Å². The average molecular weight is 180 g/mol. The van der Waals surface area contributed by atoms with Gasteiger partial charge in [0.05, 0.1) is 0 Å². The molecule has 0 N–H and O–H groups in total. The second-order valence-corrected chi connectivity index (χ2v) is 3.69. The molecule has 0 bridgehead atoms. The molecule has 0 aromatic heterocycles. The number of hydrogen-bond donors (Lipinski definition) is 1. The minimum absolute atomic E-state index is 0.422. The summed E-state index contributed by atoms with van der Waals surface area (Å²) in [6.07, 6.45) is 3.70. The summed E-state index contributed by atoms with van der Waals surface area (Å²) in [4.78, 5) is 0. The molecule has 66 valence electrons. The van der Waals surface area contributed by atoms with Crippen molar-refractivity contribution in [1.29, 1.82) is 0 Å². The van der Waals surface area contributed by atoms with E-state index in [1.165, 1.54) is 24.8 Å². The zero-order valence-corrected chi connectivity index (χ0v) is 8.43. The molecular formula is C11H16S. The van der Waals surface area contributed by atoms with Gasteiger partial charge in [0.2, 0.25) is 0 Å². The van der Waals surface area contributed by atoms with Crippen LogP contribution in [0.1, 0.15) is 37.0 Å². The number of rotatable bonds is 4. The third-order valence-corrected chi connectivity index (χ3v) is 2.57. The van der Waals surface area contributed by atoms with Crippen molar-refractivity contribution in [3.05, 3.63) is 35.9 Å². The second-order valence-electron chi connectivity index (χ2n) is 3.07. The van der Waals surface area contributed by atoms with Crippen LogP contribution >= 0.6 is 12.6 Å². The lowest BCUT2D eigenvalue weighted by molar-refractivity contribution is 0.709. The molecule has 12 heavy (non-hydrogen) atoms. The van der Waals surface area contributed by atoms with Crippen LogP contribution in [0.2, 0.25) is 0 Å². The van der Waals surface area contributed by atoms with Crippen LogP contribution in [0, 0.1) is 0 Å². The Hall–Kier alpha value is -0.430. The molecule has 1 rings (SSSR count). The molecule has 0 aliphatic carbocycles. The Labute approximate surface area is 80.4 Å². The number of unbranched alkanes of at least 4 members (excludes halogenated alkanes) is 1. The van der Waals surface area contributed by atoms with E-state index in [0.29, 0.717) is 5.25 Å². The van der Waals surface area contributed by atoms with Crippen LogP contribution in [0.25, 0.3) is 0 Å². The number of benzene rings is 1. The van der Waals surface area contributed by atoms with Crippen molar-refractivity contribution in [2.45, 2.75) is 31.4 Å².